The number of methoxy groups -OCH3 is 1. The molecule has 3 rings (SSSR count). The van der Waals surface area contributed by atoms with E-state index < -0.39 is 5.97 Å². The zero-order chi connectivity index (χ0) is 15.9. The lowest BCUT2D eigenvalue weighted by atomic mass is 9.88. The number of rotatable bonds is 3. The molecule has 0 aliphatic heterocycles. The molecule has 2 fully saturated rings. The minimum atomic E-state index is -0.473. The molecule has 6 heteroatoms. The van der Waals surface area contributed by atoms with Gasteiger partial charge in [-0.15, -0.1) is 11.3 Å². The summed E-state index contributed by atoms with van der Waals surface area (Å²) in [5.41, 5.74) is 0.935. The Kier molecular flexibility index (Phi) is 3.92. The molecule has 116 valence electrons. The molecule has 0 radical (unpaired) electrons. The number of esters is 1. The highest BCUT2D eigenvalue weighted by Gasteiger charge is 2.43. The zero-order valence-corrected chi connectivity index (χ0v) is 13.5. The van der Waals surface area contributed by atoms with Crippen LogP contribution >= 0.6 is 11.3 Å². The molecule has 0 saturated heterocycles. The molecule has 1 aromatic heterocycles. The van der Waals surface area contributed by atoms with Gasteiger partial charge in [0.25, 0.3) is 0 Å². The predicted molar refractivity (Wildman–Crippen MR) is 82.7 cm³/mol. The first-order chi connectivity index (χ1) is 10.5. The van der Waals surface area contributed by atoms with E-state index in [1.807, 2.05) is 0 Å². The summed E-state index contributed by atoms with van der Waals surface area (Å²) in [6.07, 6.45) is 4.47. The van der Waals surface area contributed by atoms with Crippen molar-refractivity contribution in [2.24, 2.45) is 17.8 Å². The molecule has 2 aliphatic carbocycles. The number of nitrogens with one attached hydrogen (secondary N) is 1. The van der Waals surface area contributed by atoms with Crippen molar-refractivity contribution in [2.45, 2.75) is 32.6 Å². The Morgan fingerprint density at radius 2 is 2.14 bits per heavy atom. The van der Waals surface area contributed by atoms with Crippen molar-refractivity contribution < 1.29 is 14.3 Å². The van der Waals surface area contributed by atoms with Crippen LogP contribution in [0.4, 0.5) is 5.00 Å². The van der Waals surface area contributed by atoms with E-state index in [0.717, 1.165) is 30.6 Å². The van der Waals surface area contributed by atoms with E-state index in [2.05, 4.69) is 11.4 Å². The second-order valence-electron chi connectivity index (χ2n) is 6.13. The maximum Gasteiger partial charge on any atom is 0.348 e. The van der Waals surface area contributed by atoms with Crippen LogP contribution in [0.25, 0.3) is 0 Å². The van der Waals surface area contributed by atoms with E-state index in [0.29, 0.717) is 32.8 Å². The lowest BCUT2D eigenvalue weighted by molar-refractivity contribution is -0.121. The normalized spacial score (nSPS) is 25.8. The fourth-order valence-corrected chi connectivity index (χ4v) is 4.87. The highest BCUT2D eigenvalue weighted by Crippen LogP contribution is 2.48. The van der Waals surface area contributed by atoms with Gasteiger partial charge < -0.3 is 10.1 Å². The molecular weight excluding hydrogens is 300 g/mol. The lowest BCUT2D eigenvalue weighted by Gasteiger charge is -2.20. The molecule has 3 atom stereocenters. The second-order valence-corrected chi connectivity index (χ2v) is 7.15. The summed E-state index contributed by atoms with van der Waals surface area (Å²) in [7, 11) is 1.31. The fourth-order valence-electron chi connectivity index (χ4n) is 3.79. The number of fused-ring (bicyclic) bond motifs is 2. The van der Waals surface area contributed by atoms with Gasteiger partial charge in [0.2, 0.25) is 5.91 Å². The van der Waals surface area contributed by atoms with Crippen molar-refractivity contribution in [3.05, 3.63) is 16.0 Å². The van der Waals surface area contributed by atoms with Crippen LogP contribution in [-0.4, -0.2) is 19.0 Å². The quantitative estimate of drug-likeness (QED) is 0.869. The van der Waals surface area contributed by atoms with Crippen LogP contribution in [0, 0.1) is 36.0 Å². The second kappa shape index (κ2) is 5.73. The molecule has 1 amide bonds. The average molecular weight is 318 g/mol. The first-order valence-corrected chi connectivity index (χ1v) is 8.29. The van der Waals surface area contributed by atoms with Crippen molar-refractivity contribution in [3.63, 3.8) is 0 Å². The van der Waals surface area contributed by atoms with Gasteiger partial charge in [-0.05, 0) is 43.6 Å². The predicted octanol–water partition coefficient (Wildman–Crippen LogP) is 3.09. The maximum absolute atomic E-state index is 12.5. The summed E-state index contributed by atoms with van der Waals surface area (Å²) in [5.74, 6) is 0.735. The highest BCUT2D eigenvalue weighted by atomic mass is 32.1. The molecule has 0 aromatic carbocycles. The third-order valence-electron chi connectivity index (χ3n) is 4.94. The molecule has 2 bridgehead atoms. The van der Waals surface area contributed by atoms with Crippen LogP contribution in [0.1, 0.15) is 46.5 Å². The Labute approximate surface area is 133 Å². The molecule has 0 spiro atoms. The van der Waals surface area contributed by atoms with Gasteiger partial charge >= 0.3 is 5.97 Å². The van der Waals surface area contributed by atoms with Crippen LogP contribution in [0.2, 0.25) is 0 Å². The van der Waals surface area contributed by atoms with Gasteiger partial charge in [-0.3, -0.25) is 4.79 Å². The van der Waals surface area contributed by atoms with Gasteiger partial charge in [0.15, 0.2) is 0 Å². The first-order valence-electron chi connectivity index (χ1n) is 7.47. The smallest absolute Gasteiger partial charge is 0.348 e. The third kappa shape index (κ3) is 2.40. The van der Waals surface area contributed by atoms with Gasteiger partial charge in [0, 0.05) is 5.92 Å². The molecule has 2 aliphatic rings. The lowest BCUT2D eigenvalue weighted by Crippen LogP contribution is -2.27. The van der Waals surface area contributed by atoms with Crippen molar-refractivity contribution in [1.29, 1.82) is 5.26 Å². The number of hydrogen-bond donors (Lipinski definition) is 1. The molecule has 5 nitrogen and oxygen atoms in total. The molecule has 22 heavy (non-hydrogen) atoms. The zero-order valence-electron chi connectivity index (χ0n) is 12.6. The minimum Gasteiger partial charge on any atom is -0.465 e. The Balaban J connectivity index is 1.81. The van der Waals surface area contributed by atoms with E-state index in [-0.39, 0.29) is 11.8 Å². The topological polar surface area (TPSA) is 79.2 Å². The third-order valence-corrected chi connectivity index (χ3v) is 6.13. The number of carbonyl (C=O) groups is 2. The monoisotopic (exact) mass is 318 g/mol. The van der Waals surface area contributed by atoms with Gasteiger partial charge in [0.1, 0.15) is 15.9 Å². The Morgan fingerprint density at radius 1 is 1.36 bits per heavy atom. The summed E-state index contributed by atoms with van der Waals surface area (Å²) < 4.78 is 4.72. The number of hydrogen-bond acceptors (Lipinski definition) is 5. The van der Waals surface area contributed by atoms with E-state index >= 15 is 0 Å². The van der Waals surface area contributed by atoms with E-state index in [1.54, 1.807) is 6.92 Å². The molecule has 1 heterocycles. The summed E-state index contributed by atoms with van der Waals surface area (Å²) in [5, 5.41) is 12.6. The van der Waals surface area contributed by atoms with E-state index in [4.69, 9.17) is 4.74 Å². The van der Waals surface area contributed by atoms with Crippen LogP contribution in [0.3, 0.4) is 0 Å². The summed E-state index contributed by atoms with van der Waals surface area (Å²) >= 11 is 1.12. The number of carbonyl (C=O) groups excluding carboxylic acids is 2. The molecule has 1 N–H and O–H groups in total. The van der Waals surface area contributed by atoms with Crippen molar-refractivity contribution >= 4 is 28.2 Å². The van der Waals surface area contributed by atoms with E-state index in [1.165, 1.54) is 13.5 Å². The summed E-state index contributed by atoms with van der Waals surface area (Å²) in [6, 6.07) is 2.08. The Bertz CT molecular complexity index is 674. The SMILES string of the molecule is COC(=O)c1sc(NC(=O)C2CC3CCC2C3)c(C#N)c1C. The molecular formula is C16H18N2O3S. The Morgan fingerprint density at radius 3 is 2.68 bits per heavy atom. The minimum absolute atomic E-state index is 0.0126. The number of thiophene rings is 1. The van der Waals surface area contributed by atoms with Crippen molar-refractivity contribution in [1.82, 2.24) is 0 Å². The van der Waals surface area contributed by atoms with Gasteiger partial charge in [0.05, 0.1) is 12.7 Å². The molecule has 2 saturated carbocycles. The maximum atomic E-state index is 12.5. The van der Waals surface area contributed by atoms with Crippen molar-refractivity contribution in [2.75, 3.05) is 12.4 Å². The number of amides is 1. The van der Waals surface area contributed by atoms with Crippen LogP contribution in [0.5, 0.6) is 0 Å². The van der Waals surface area contributed by atoms with Gasteiger partial charge in [-0.1, -0.05) is 6.42 Å². The first kappa shape index (κ1) is 15.0. The number of anilines is 1. The standard InChI is InChI=1S/C16H18N2O3S/c1-8-12(7-17)15(22-13(8)16(20)21-2)18-14(19)11-6-9-3-4-10(11)5-9/h9-11H,3-6H2,1-2H3,(H,18,19). The number of nitrogens with zero attached hydrogens (tertiary/aromatic N) is 1. The molecule has 1 aromatic rings. The van der Waals surface area contributed by atoms with Crippen LogP contribution < -0.4 is 5.32 Å². The number of nitriles is 1. The molecule has 3 unspecified atom stereocenters. The largest absolute Gasteiger partial charge is 0.465 e. The number of ether oxygens (including phenoxy) is 1. The summed E-state index contributed by atoms with van der Waals surface area (Å²) in [6.45, 7) is 1.70. The van der Waals surface area contributed by atoms with E-state index in [9.17, 15) is 14.9 Å². The fraction of sp³-hybridized carbons (Fsp3) is 0.562. The van der Waals surface area contributed by atoms with Gasteiger partial charge in [-0.25, -0.2) is 4.79 Å². The Hall–Kier alpha value is -1.87. The van der Waals surface area contributed by atoms with Gasteiger partial charge in [-0.2, -0.15) is 5.26 Å². The van der Waals surface area contributed by atoms with Crippen LogP contribution in [-0.2, 0) is 9.53 Å². The van der Waals surface area contributed by atoms with Crippen molar-refractivity contribution in [3.8, 4) is 6.07 Å². The summed E-state index contributed by atoms with van der Waals surface area (Å²) in [4.78, 5) is 24.6. The highest BCUT2D eigenvalue weighted by molar-refractivity contribution is 7.18. The van der Waals surface area contributed by atoms with Crippen LogP contribution in [0.15, 0.2) is 0 Å². The average Bonchev–Trinajstić information content (AvgIpc) is 3.21.